The molecule has 0 fully saturated rings. The van der Waals surface area contributed by atoms with E-state index in [1.165, 1.54) is 16.7 Å². The molecule has 1 aliphatic heterocycles. The van der Waals surface area contributed by atoms with Crippen molar-refractivity contribution in [3.05, 3.63) is 56.5 Å². The van der Waals surface area contributed by atoms with Gasteiger partial charge in [0.1, 0.15) is 5.82 Å². The van der Waals surface area contributed by atoms with Crippen molar-refractivity contribution in [3.63, 3.8) is 0 Å². The van der Waals surface area contributed by atoms with Crippen LogP contribution in [0.5, 0.6) is 0 Å². The van der Waals surface area contributed by atoms with Gasteiger partial charge in [0.25, 0.3) is 5.56 Å². The van der Waals surface area contributed by atoms with Crippen LogP contribution in [0.1, 0.15) is 25.5 Å². The average molecular weight is 370 g/mol. The number of anilines is 1. The van der Waals surface area contributed by atoms with Crippen LogP contribution < -0.4 is 16.3 Å². The summed E-state index contributed by atoms with van der Waals surface area (Å²) < 4.78 is 17.5. The molecule has 3 heterocycles. The lowest BCUT2D eigenvalue weighted by molar-refractivity contribution is 0.621. The summed E-state index contributed by atoms with van der Waals surface area (Å²) in [4.78, 5) is 30.5. The number of benzene rings is 1. The molecule has 0 amide bonds. The standard InChI is InChI=1S/C18H19FN6O2/c1-10-11(2)25-14-15(20-17(25)23(4)21-10)22(3)18(27)24(16(14)26)9-12-5-7-13(19)8-6-12/h5-8,11H,9H2,1-4H3. The number of hydrogen-bond acceptors (Lipinski definition) is 5. The van der Waals surface area contributed by atoms with Crippen LogP contribution in [0.2, 0.25) is 0 Å². The van der Waals surface area contributed by atoms with E-state index in [1.54, 1.807) is 35.8 Å². The highest BCUT2D eigenvalue weighted by Gasteiger charge is 2.29. The number of halogens is 1. The summed E-state index contributed by atoms with van der Waals surface area (Å²) in [6.45, 7) is 3.87. The van der Waals surface area contributed by atoms with Crippen LogP contribution in [0.4, 0.5) is 10.3 Å². The first-order valence-corrected chi connectivity index (χ1v) is 8.54. The Morgan fingerprint density at radius 3 is 2.48 bits per heavy atom. The van der Waals surface area contributed by atoms with E-state index in [-0.39, 0.29) is 18.4 Å². The molecule has 8 nitrogen and oxygen atoms in total. The van der Waals surface area contributed by atoms with E-state index in [0.29, 0.717) is 22.7 Å². The quantitative estimate of drug-likeness (QED) is 0.684. The zero-order valence-electron chi connectivity index (χ0n) is 15.5. The zero-order chi connectivity index (χ0) is 19.5. The van der Waals surface area contributed by atoms with Gasteiger partial charge < -0.3 is 0 Å². The molecule has 0 saturated carbocycles. The Balaban J connectivity index is 1.99. The van der Waals surface area contributed by atoms with Crippen LogP contribution >= 0.6 is 0 Å². The Morgan fingerprint density at radius 1 is 1.15 bits per heavy atom. The van der Waals surface area contributed by atoms with Crippen molar-refractivity contribution in [2.75, 3.05) is 12.1 Å². The summed E-state index contributed by atoms with van der Waals surface area (Å²) in [5.74, 6) is 0.140. The van der Waals surface area contributed by atoms with E-state index < -0.39 is 11.2 Å². The first kappa shape index (κ1) is 17.2. The zero-order valence-corrected chi connectivity index (χ0v) is 15.5. The highest BCUT2D eigenvalue weighted by Crippen LogP contribution is 2.28. The van der Waals surface area contributed by atoms with E-state index in [9.17, 15) is 14.0 Å². The topological polar surface area (TPSA) is 77.4 Å². The molecular weight excluding hydrogens is 351 g/mol. The minimum atomic E-state index is -0.472. The molecule has 0 aliphatic carbocycles. The van der Waals surface area contributed by atoms with Crippen LogP contribution in [-0.2, 0) is 13.6 Å². The number of aryl methyl sites for hydroxylation is 1. The van der Waals surface area contributed by atoms with Crippen LogP contribution in [0.25, 0.3) is 11.2 Å². The van der Waals surface area contributed by atoms with Crippen molar-refractivity contribution in [1.29, 1.82) is 0 Å². The number of hydrogen-bond donors (Lipinski definition) is 0. The SMILES string of the molecule is CC1=NN(C)c2nc3c(c(=O)n(Cc4ccc(F)cc4)c(=O)n3C)n2C1C. The third-order valence-electron chi connectivity index (χ3n) is 5.00. The molecule has 0 bridgehead atoms. The number of aromatic nitrogens is 4. The fourth-order valence-corrected chi connectivity index (χ4v) is 3.39. The molecule has 3 aromatic rings. The summed E-state index contributed by atoms with van der Waals surface area (Å²) in [5, 5.41) is 6.02. The average Bonchev–Trinajstić information content (AvgIpc) is 3.05. The Bertz CT molecular complexity index is 1200. The molecule has 1 atom stereocenters. The second-order valence-electron chi connectivity index (χ2n) is 6.75. The minimum absolute atomic E-state index is 0.0551. The number of nitrogens with zero attached hydrogens (tertiary/aromatic N) is 6. The van der Waals surface area contributed by atoms with Crippen LogP contribution in [0.15, 0.2) is 39.0 Å². The Morgan fingerprint density at radius 2 is 1.81 bits per heavy atom. The lowest BCUT2D eigenvalue weighted by Crippen LogP contribution is -2.40. The van der Waals surface area contributed by atoms with Crippen LogP contribution in [0, 0.1) is 5.82 Å². The normalized spacial score (nSPS) is 16.6. The second kappa shape index (κ2) is 5.90. The Kier molecular flexibility index (Phi) is 3.76. The predicted molar refractivity (Wildman–Crippen MR) is 101 cm³/mol. The molecule has 0 radical (unpaired) electrons. The van der Waals surface area contributed by atoms with Crippen molar-refractivity contribution >= 4 is 22.8 Å². The van der Waals surface area contributed by atoms with Gasteiger partial charge in [-0.25, -0.2) is 14.2 Å². The lowest BCUT2D eigenvalue weighted by atomic mass is 10.2. The molecule has 2 aromatic heterocycles. The fourth-order valence-electron chi connectivity index (χ4n) is 3.39. The smallest absolute Gasteiger partial charge is 0.294 e. The third kappa shape index (κ3) is 2.49. The maximum absolute atomic E-state index is 13.2. The van der Waals surface area contributed by atoms with Crippen molar-refractivity contribution in [2.24, 2.45) is 12.1 Å². The molecule has 1 unspecified atom stereocenters. The first-order valence-electron chi connectivity index (χ1n) is 8.54. The summed E-state index contributed by atoms with van der Waals surface area (Å²) >= 11 is 0. The number of hydrazone groups is 1. The number of fused-ring (bicyclic) bond motifs is 3. The van der Waals surface area contributed by atoms with Crippen molar-refractivity contribution in [2.45, 2.75) is 26.4 Å². The van der Waals surface area contributed by atoms with Gasteiger partial charge in [-0.2, -0.15) is 10.1 Å². The highest BCUT2D eigenvalue weighted by molar-refractivity contribution is 5.90. The van der Waals surface area contributed by atoms with Crippen molar-refractivity contribution < 1.29 is 4.39 Å². The second-order valence-corrected chi connectivity index (χ2v) is 6.75. The molecule has 27 heavy (non-hydrogen) atoms. The van der Waals surface area contributed by atoms with Gasteiger partial charge in [0.15, 0.2) is 11.2 Å². The number of rotatable bonds is 2. The van der Waals surface area contributed by atoms with Gasteiger partial charge in [0.05, 0.1) is 18.3 Å². The largest absolute Gasteiger partial charge is 0.332 e. The van der Waals surface area contributed by atoms with E-state index in [4.69, 9.17) is 0 Å². The monoisotopic (exact) mass is 370 g/mol. The Labute approximate surface area is 153 Å². The third-order valence-corrected chi connectivity index (χ3v) is 5.00. The van der Waals surface area contributed by atoms with Crippen LogP contribution in [0.3, 0.4) is 0 Å². The molecule has 0 spiro atoms. The molecule has 0 saturated heterocycles. The van der Waals surface area contributed by atoms with E-state index in [1.807, 2.05) is 13.8 Å². The molecule has 4 rings (SSSR count). The van der Waals surface area contributed by atoms with Gasteiger partial charge in [-0.3, -0.25) is 18.5 Å². The van der Waals surface area contributed by atoms with E-state index in [2.05, 4.69) is 10.1 Å². The van der Waals surface area contributed by atoms with Gasteiger partial charge in [-0.15, -0.1) is 0 Å². The van der Waals surface area contributed by atoms with Gasteiger partial charge >= 0.3 is 5.69 Å². The minimum Gasteiger partial charge on any atom is -0.294 e. The highest BCUT2D eigenvalue weighted by atomic mass is 19.1. The van der Waals surface area contributed by atoms with Gasteiger partial charge in [0.2, 0.25) is 5.95 Å². The maximum Gasteiger partial charge on any atom is 0.332 e. The van der Waals surface area contributed by atoms with Crippen molar-refractivity contribution in [1.82, 2.24) is 18.7 Å². The summed E-state index contributed by atoms with van der Waals surface area (Å²) in [7, 11) is 3.34. The Hall–Kier alpha value is -3.23. The summed E-state index contributed by atoms with van der Waals surface area (Å²) in [5.41, 5.74) is 1.27. The van der Waals surface area contributed by atoms with Crippen molar-refractivity contribution in [3.8, 4) is 0 Å². The summed E-state index contributed by atoms with van der Waals surface area (Å²) in [6.07, 6.45) is 0. The van der Waals surface area contributed by atoms with E-state index in [0.717, 1.165) is 10.3 Å². The molecule has 9 heteroatoms. The summed E-state index contributed by atoms with van der Waals surface area (Å²) in [6, 6.07) is 5.57. The maximum atomic E-state index is 13.2. The molecule has 140 valence electrons. The predicted octanol–water partition coefficient (Wildman–Crippen LogP) is 1.47. The molecule has 1 aliphatic rings. The van der Waals surface area contributed by atoms with Crippen LogP contribution in [-0.4, -0.2) is 31.4 Å². The lowest BCUT2D eigenvalue weighted by Gasteiger charge is -2.26. The first-order chi connectivity index (χ1) is 12.8. The van der Waals surface area contributed by atoms with Gasteiger partial charge in [0, 0.05) is 14.1 Å². The molecule has 1 aromatic carbocycles. The molecule has 0 N–H and O–H groups in total. The number of imidazole rings is 1. The van der Waals surface area contributed by atoms with Gasteiger partial charge in [-0.05, 0) is 31.5 Å². The van der Waals surface area contributed by atoms with Gasteiger partial charge in [-0.1, -0.05) is 12.1 Å². The fraction of sp³-hybridized carbons (Fsp3) is 0.333. The van der Waals surface area contributed by atoms with E-state index >= 15 is 0 Å². The molecular formula is C18H19FN6O2.